The van der Waals surface area contributed by atoms with Gasteiger partial charge in [0.15, 0.2) is 5.82 Å². The maximum Gasteiger partial charge on any atom is 0.229 e. The fourth-order valence-electron chi connectivity index (χ4n) is 4.95. The Morgan fingerprint density at radius 2 is 1.85 bits per heavy atom. The SMILES string of the molecule is CCN1CCc2ccc(OC)c(Nc3ncc(Cl)c(Nc4ccc(N5CCOCC5)cc4OC)n3)c2CC1=O. The van der Waals surface area contributed by atoms with Crippen molar-refractivity contribution in [3.8, 4) is 11.5 Å². The van der Waals surface area contributed by atoms with Crippen molar-refractivity contribution in [2.75, 3.05) is 69.1 Å². The summed E-state index contributed by atoms with van der Waals surface area (Å²) in [5, 5.41) is 6.94. The predicted octanol–water partition coefficient (Wildman–Crippen LogP) is 4.42. The highest BCUT2D eigenvalue weighted by Crippen LogP contribution is 2.37. The molecule has 1 aromatic heterocycles. The molecule has 1 saturated heterocycles. The van der Waals surface area contributed by atoms with Crippen LogP contribution in [0.3, 0.4) is 0 Å². The molecule has 11 heteroatoms. The van der Waals surface area contributed by atoms with E-state index in [9.17, 15) is 4.79 Å². The zero-order valence-corrected chi connectivity index (χ0v) is 23.2. The van der Waals surface area contributed by atoms with Crippen LogP contribution >= 0.6 is 11.6 Å². The maximum atomic E-state index is 12.9. The second-order valence-electron chi connectivity index (χ2n) is 9.30. The van der Waals surface area contributed by atoms with Crippen LogP contribution in [0.1, 0.15) is 18.1 Å². The number of fused-ring (bicyclic) bond motifs is 1. The van der Waals surface area contributed by atoms with Gasteiger partial charge in [-0.2, -0.15) is 4.98 Å². The second kappa shape index (κ2) is 12.0. The number of ether oxygens (including phenoxy) is 3. The summed E-state index contributed by atoms with van der Waals surface area (Å²) >= 11 is 6.49. The van der Waals surface area contributed by atoms with Crippen LogP contribution in [0.4, 0.5) is 28.8 Å². The minimum Gasteiger partial charge on any atom is -0.495 e. The van der Waals surface area contributed by atoms with Gasteiger partial charge >= 0.3 is 0 Å². The van der Waals surface area contributed by atoms with E-state index in [1.54, 1.807) is 14.2 Å². The fraction of sp³-hybridized carbons (Fsp3) is 0.393. The van der Waals surface area contributed by atoms with Crippen molar-refractivity contribution in [3.63, 3.8) is 0 Å². The van der Waals surface area contributed by atoms with Crippen LogP contribution in [0.15, 0.2) is 36.5 Å². The molecule has 2 aliphatic rings. The number of nitrogens with zero attached hydrogens (tertiary/aromatic N) is 4. The number of benzene rings is 2. The molecule has 0 spiro atoms. The van der Waals surface area contributed by atoms with Gasteiger partial charge in [-0.25, -0.2) is 4.98 Å². The van der Waals surface area contributed by atoms with E-state index in [1.807, 2.05) is 42.2 Å². The number of halogens is 1. The van der Waals surface area contributed by atoms with Crippen molar-refractivity contribution < 1.29 is 19.0 Å². The Bertz CT molecular complexity index is 1350. The number of nitrogens with one attached hydrogen (secondary N) is 2. The molecule has 1 fully saturated rings. The number of hydrogen-bond donors (Lipinski definition) is 2. The van der Waals surface area contributed by atoms with Gasteiger partial charge in [-0.15, -0.1) is 0 Å². The van der Waals surface area contributed by atoms with Crippen LogP contribution in [-0.2, 0) is 22.4 Å². The van der Waals surface area contributed by atoms with Gasteiger partial charge in [-0.1, -0.05) is 17.7 Å². The summed E-state index contributed by atoms with van der Waals surface area (Å²) in [6, 6.07) is 9.89. The number of carbonyl (C=O) groups is 1. The topological polar surface area (TPSA) is 101 Å². The van der Waals surface area contributed by atoms with Crippen molar-refractivity contribution in [1.82, 2.24) is 14.9 Å². The van der Waals surface area contributed by atoms with Gasteiger partial charge in [0, 0.05) is 37.9 Å². The van der Waals surface area contributed by atoms with E-state index in [0.717, 1.165) is 42.0 Å². The first-order chi connectivity index (χ1) is 19.0. The van der Waals surface area contributed by atoms with Gasteiger partial charge in [0.2, 0.25) is 11.9 Å². The van der Waals surface area contributed by atoms with Crippen LogP contribution in [0.2, 0.25) is 5.02 Å². The number of carbonyl (C=O) groups excluding carboxylic acids is 1. The first kappa shape index (κ1) is 26.8. The zero-order chi connectivity index (χ0) is 27.4. The van der Waals surface area contributed by atoms with Crippen LogP contribution < -0.4 is 25.0 Å². The summed E-state index contributed by atoms with van der Waals surface area (Å²) in [6.45, 7) is 6.43. The van der Waals surface area contributed by atoms with Gasteiger partial charge in [0.05, 0.1) is 51.4 Å². The number of methoxy groups -OCH3 is 2. The summed E-state index contributed by atoms with van der Waals surface area (Å²) in [5.41, 5.74) is 4.45. The number of likely N-dealkylation sites (N-methyl/N-ethyl adjacent to an activating group) is 1. The molecule has 0 unspecified atom stereocenters. The van der Waals surface area contributed by atoms with Crippen molar-refractivity contribution >= 4 is 46.3 Å². The highest BCUT2D eigenvalue weighted by Gasteiger charge is 2.24. The van der Waals surface area contributed by atoms with E-state index in [-0.39, 0.29) is 12.3 Å². The highest BCUT2D eigenvalue weighted by atomic mass is 35.5. The van der Waals surface area contributed by atoms with E-state index in [1.165, 1.54) is 6.20 Å². The molecule has 0 bridgehead atoms. The molecule has 0 atom stereocenters. The van der Waals surface area contributed by atoms with E-state index in [4.69, 9.17) is 25.8 Å². The molecule has 2 N–H and O–H groups in total. The average Bonchev–Trinajstić information content (AvgIpc) is 3.13. The number of amides is 1. The maximum absolute atomic E-state index is 12.9. The number of aromatic nitrogens is 2. The van der Waals surface area contributed by atoms with Gasteiger partial charge in [-0.05, 0) is 42.7 Å². The van der Waals surface area contributed by atoms with E-state index in [0.29, 0.717) is 60.3 Å². The molecule has 206 valence electrons. The van der Waals surface area contributed by atoms with Crippen LogP contribution in [-0.4, -0.2) is 74.4 Å². The van der Waals surface area contributed by atoms with Crippen molar-refractivity contribution in [2.24, 2.45) is 0 Å². The summed E-state index contributed by atoms with van der Waals surface area (Å²) < 4.78 is 16.8. The van der Waals surface area contributed by atoms with Gasteiger partial charge in [-0.3, -0.25) is 4.79 Å². The number of anilines is 5. The third-order valence-electron chi connectivity index (χ3n) is 7.10. The zero-order valence-electron chi connectivity index (χ0n) is 22.4. The smallest absolute Gasteiger partial charge is 0.229 e. The Balaban J connectivity index is 1.42. The quantitative estimate of drug-likeness (QED) is 0.420. The average molecular weight is 553 g/mol. The third-order valence-corrected chi connectivity index (χ3v) is 7.38. The lowest BCUT2D eigenvalue weighted by Crippen LogP contribution is -2.36. The molecule has 10 nitrogen and oxygen atoms in total. The van der Waals surface area contributed by atoms with Crippen LogP contribution in [0, 0.1) is 0 Å². The summed E-state index contributed by atoms with van der Waals surface area (Å²) in [5.74, 6) is 2.10. The largest absolute Gasteiger partial charge is 0.495 e. The minimum atomic E-state index is 0.0829. The highest BCUT2D eigenvalue weighted by molar-refractivity contribution is 6.33. The summed E-state index contributed by atoms with van der Waals surface area (Å²) in [7, 11) is 3.23. The fourth-order valence-corrected chi connectivity index (χ4v) is 5.08. The van der Waals surface area contributed by atoms with Crippen molar-refractivity contribution in [3.05, 3.63) is 52.7 Å². The molecular formula is C28H33ClN6O4. The Morgan fingerprint density at radius 1 is 1.05 bits per heavy atom. The van der Waals surface area contributed by atoms with Gasteiger partial charge < -0.3 is 34.6 Å². The molecule has 5 rings (SSSR count). The number of morpholine rings is 1. The van der Waals surface area contributed by atoms with Crippen molar-refractivity contribution in [1.29, 1.82) is 0 Å². The molecule has 0 aliphatic carbocycles. The van der Waals surface area contributed by atoms with Crippen molar-refractivity contribution in [2.45, 2.75) is 19.8 Å². The number of rotatable bonds is 8. The lowest BCUT2D eigenvalue weighted by Gasteiger charge is -2.29. The molecule has 0 radical (unpaired) electrons. The van der Waals surface area contributed by atoms with E-state index < -0.39 is 0 Å². The molecule has 2 aromatic carbocycles. The lowest BCUT2D eigenvalue weighted by molar-refractivity contribution is -0.129. The van der Waals surface area contributed by atoms with E-state index in [2.05, 4.69) is 25.5 Å². The third kappa shape index (κ3) is 5.81. The molecule has 39 heavy (non-hydrogen) atoms. The normalized spacial score (nSPS) is 15.4. The molecule has 2 aliphatic heterocycles. The Labute approximate surface area is 233 Å². The molecule has 0 saturated carbocycles. The monoisotopic (exact) mass is 552 g/mol. The predicted molar refractivity (Wildman–Crippen MR) is 152 cm³/mol. The molecule has 3 heterocycles. The number of hydrogen-bond acceptors (Lipinski definition) is 9. The Morgan fingerprint density at radius 3 is 2.59 bits per heavy atom. The Kier molecular flexibility index (Phi) is 8.23. The van der Waals surface area contributed by atoms with Crippen LogP contribution in [0.5, 0.6) is 11.5 Å². The summed E-state index contributed by atoms with van der Waals surface area (Å²) in [4.78, 5) is 26.1. The minimum absolute atomic E-state index is 0.0829. The Hall–Kier alpha value is -3.76. The summed E-state index contributed by atoms with van der Waals surface area (Å²) in [6.07, 6.45) is 2.57. The van der Waals surface area contributed by atoms with Gasteiger partial charge in [0.25, 0.3) is 0 Å². The van der Waals surface area contributed by atoms with Crippen LogP contribution in [0.25, 0.3) is 0 Å². The standard InChI is InChI=1S/C28H33ClN6O4/c1-4-34-10-9-18-5-8-23(37-2)26(20(18)16-25(34)36)32-28-30-17-21(29)27(33-28)31-22-7-6-19(15-24(22)38-3)35-11-13-39-14-12-35/h5-8,15,17H,4,9-14,16H2,1-3H3,(H2,30,31,32,33). The second-order valence-corrected chi connectivity index (χ2v) is 9.71. The molecular weight excluding hydrogens is 520 g/mol. The molecule has 1 amide bonds. The molecule has 3 aromatic rings. The van der Waals surface area contributed by atoms with Gasteiger partial charge in [0.1, 0.15) is 16.5 Å². The van der Waals surface area contributed by atoms with E-state index >= 15 is 0 Å². The first-order valence-corrected chi connectivity index (χ1v) is 13.4. The first-order valence-electron chi connectivity index (χ1n) is 13.0. The lowest BCUT2D eigenvalue weighted by atomic mass is 10.00.